The van der Waals surface area contributed by atoms with Gasteiger partial charge in [-0.15, -0.1) is 0 Å². The minimum absolute atomic E-state index is 0.0930. The Labute approximate surface area is 119 Å². The number of aromatic nitrogens is 1. The Balaban J connectivity index is 2.99. The minimum atomic E-state index is -0.162. The second-order valence-corrected chi connectivity index (χ2v) is 4.69. The van der Waals surface area contributed by atoms with Crippen LogP contribution in [0.1, 0.15) is 42.7 Å². The highest BCUT2D eigenvalue weighted by Crippen LogP contribution is 2.14. The van der Waals surface area contributed by atoms with Crippen molar-refractivity contribution >= 4 is 17.5 Å². The molecule has 1 aromatic rings. The first-order valence-electron chi connectivity index (χ1n) is 6.45. The van der Waals surface area contributed by atoms with Crippen LogP contribution in [0.25, 0.3) is 0 Å². The lowest BCUT2D eigenvalue weighted by molar-refractivity contribution is 0.0776. The lowest BCUT2D eigenvalue weighted by atomic mass is 10.1. The van der Waals surface area contributed by atoms with Crippen LogP contribution < -0.4 is 0 Å². The molecule has 19 heavy (non-hydrogen) atoms. The molecule has 1 heterocycles. The normalized spacial score (nSPS) is 10.0. The van der Waals surface area contributed by atoms with E-state index < -0.39 is 0 Å². The van der Waals surface area contributed by atoms with Crippen LogP contribution in [-0.4, -0.2) is 28.9 Å². The molecule has 1 aromatic heterocycles. The van der Waals surface area contributed by atoms with Gasteiger partial charge in [0.15, 0.2) is 0 Å². The molecule has 0 radical (unpaired) electrons. The van der Waals surface area contributed by atoms with E-state index in [9.17, 15) is 4.79 Å². The number of nitrogens with zero attached hydrogens (tertiary/aromatic N) is 3. The Kier molecular flexibility index (Phi) is 6.31. The molecule has 0 saturated heterocycles. The summed E-state index contributed by atoms with van der Waals surface area (Å²) in [4.78, 5) is 18.0. The van der Waals surface area contributed by atoms with Gasteiger partial charge >= 0.3 is 0 Å². The maximum Gasteiger partial charge on any atom is 0.254 e. The third-order valence-corrected chi connectivity index (χ3v) is 2.84. The highest BCUT2D eigenvalue weighted by molar-refractivity contribution is 6.29. The summed E-state index contributed by atoms with van der Waals surface area (Å²) in [5.74, 6) is -0.162. The van der Waals surface area contributed by atoms with Gasteiger partial charge in [-0.2, -0.15) is 5.26 Å². The van der Waals surface area contributed by atoms with Crippen molar-refractivity contribution in [3.05, 3.63) is 28.5 Å². The molecule has 0 fully saturated rings. The van der Waals surface area contributed by atoms with Gasteiger partial charge < -0.3 is 4.90 Å². The molecule has 0 spiro atoms. The number of pyridine rings is 1. The summed E-state index contributed by atoms with van der Waals surface area (Å²) < 4.78 is 0. The van der Waals surface area contributed by atoms with Crippen molar-refractivity contribution in [3.63, 3.8) is 0 Å². The molecule has 0 aliphatic heterocycles. The van der Waals surface area contributed by atoms with Crippen LogP contribution in [-0.2, 0) is 6.42 Å². The van der Waals surface area contributed by atoms with E-state index in [0.717, 1.165) is 25.0 Å². The average molecular weight is 280 g/mol. The van der Waals surface area contributed by atoms with Crippen LogP contribution in [0.15, 0.2) is 12.1 Å². The Morgan fingerprint density at radius 1 is 1.42 bits per heavy atom. The Bertz CT molecular complexity index is 482. The number of rotatable bonds is 6. The number of hydrogen-bond acceptors (Lipinski definition) is 3. The largest absolute Gasteiger partial charge is 0.325 e. The Morgan fingerprint density at radius 3 is 2.74 bits per heavy atom. The lowest BCUT2D eigenvalue weighted by Gasteiger charge is -2.19. The SMILES string of the molecule is CCCc1cc(C(=O)N(CC#N)CCC)cc(Cl)n1. The molecule has 0 unspecified atom stereocenters. The molecule has 102 valence electrons. The van der Waals surface area contributed by atoms with Crippen molar-refractivity contribution in [1.29, 1.82) is 5.26 Å². The summed E-state index contributed by atoms with van der Waals surface area (Å²) in [5, 5.41) is 9.09. The molecule has 0 saturated carbocycles. The van der Waals surface area contributed by atoms with E-state index in [-0.39, 0.29) is 12.5 Å². The van der Waals surface area contributed by atoms with Gasteiger partial charge in [-0.1, -0.05) is 31.9 Å². The van der Waals surface area contributed by atoms with Crippen molar-refractivity contribution in [2.45, 2.75) is 33.1 Å². The zero-order chi connectivity index (χ0) is 14.3. The van der Waals surface area contributed by atoms with Gasteiger partial charge in [0.05, 0.1) is 6.07 Å². The van der Waals surface area contributed by atoms with Gasteiger partial charge in [-0.05, 0) is 25.0 Å². The number of carbonyl (C=O) groups excluding carboxylic acids is 1. The number of nitriles is 1. The zero-order valence-electron chi connectivity index (χ0n) is 11.3. The highest BCUT2D eigenvalue weighted by Gasteiger charge is 2.16. The molecule has 0 aliphatic rings. The van der Waals surface area contributed by atoms with Gasteiger partial charge in [-0.3, -0.25) is 4.79 Å². The quantitative estimate of drug-likeness (QED) is 0.594. The predicted molar refractivity (Wildman–Crippen MR) is 75.0 cm³/mol. The maximum absolute atomic E-state index is 12.3. The van der Waals surface area contributed by atoms with Crippen molar-refractivity contribution in [2.75, 3.05) is 13.1 Å². The molecule has 0 atom stereocenters. The van der Waals surface area contributed by atoms with Gasteiger partial charge in [0.1, 0.15) is 11.7 Å². The molecule has 1 amide bonds. The Hall–Kier alpha value is -1.60. The van der Waals surface area contributed by atoms with Gasteiger partial charge in [0, 0.05) is 17.8 Å². The fraction of sp³-hybridized carbons (Fsp3) is 0.500. The standard InChI is InChI=1S/C14H18ClN3O/c1-3-5-12-9-11(10-13(15)17-12)14(19)18(7-4-2)8-6-16/h9-10H,3-5,7-8H2,1-2H3. The zero-order valence-corrected chi connectivity index (χ0v) is 12.1. The van der Waals surface area contributed by atoms with Crippen molar-refractivity contribution in [1.82, 2.24) is 9.88 Å². The van der Waals surface area contributed by atoms with E-state index in [1.165, 1.54) is 4.90 Å². The topological polar surface area (TPSA) is 57.0 Å². The second-order valence-electron chi connectivity index (χ2n) is 4.30. The monoisotopic (exact) mass is 279 g/mol. The number of amides is 1. The van der Waals surface area contributed by atoms with Gasteiger partial charge in [0.25, 0.3) is 5.91 Å². The third kappa shape index (κ3) is 4.53. The van der Waals surface area contributed by atoms with Crippen LogP contribution in [0.4, 0.5) is 0 Å². The number of hydrogen-bond donors (Lipinski definition) is 0. The van der Waals surface area contributed by atoms with Crippen LogP contribution in [0, 0.1) is 11.3 Å². The molecular weight excluding hydrogens is 262 g/mol. The lowest BCUT2D eigenvalue weighted by Crippen LogP contribution is -2.32. The summed E-state index contributed by atoms with van der Waals surface area (Å²) in [6, 6.07) is 5.33. The summed E-state index contributed by atoms with van der Waals surface area (Å²) in [5.41, 5.74) is 1.32. The molecule has 5 heteroatoms. The molecule has 0 bridgehead atoms. The molecule has 0 aliphatic carbocycles. The molecule has 1 rings (SSSR count). The van der Waals surface area contributed by atoms with Crippen LogP contribution in [0.2, 0.25) is 5.15 Å². The number of aryl methyl sites for hydroxylation is 1. The first-order valence-corrected chi connectivity index (χ1v) is 6.82. The van der Waals surface area contributed by atoms with Crippen molar-refractivity contribution in [3.8, 4) is 6.07 Å². The first-order chi connectivity index (χ1) is 9.12. The smallest absolute Gasteiger partial charge is 0.254 e. The van der Waals surface area contributed by atoms with Crippen LogP contribution in [0.3, 0.4) is 0 Å². The highest BCUT2D eigenvalue weighted by atomic mass is 35.5. The molecular formula is C14H18ClN3O. The third-order valence-electron chi connectivity index (χ3n) is 2.64. The van der Waals surface area contributed by atoms with E-state index in [0.29, 0.717) is 17.3 Å². The van der Waals surface area contributed by atoms with Gasteiger partial charge in [0.2, 0.25) is 0 Å². The fourth-order valence-electron chi connectivity index (χ4n) is 1.85. The van der Waals surface area contributed by atoms with Crippen LogP contribution in [0.5, 0.6) is 0 Å². The van der Waals surface area contributed by atoms with Gasteiger partial charge in [-0.25, -0.2) is 4.98 Å². The molecule has 4 nitrogen and oxygen atoms in total. The van der Waals surface area contributed by atoms with E-state index in [4.69, 9.17) is 16.9 Å². The maximum atomic E-state index is 12.3. The fourth-order valence-corrected chi connectivity index (χ4v) is 2.08. The van der Waals surface area contributed by atoms with E-state index >= 15 is 0 Å². The van der Waals surface area contributed by atoms with E-state index in [1.807, 2.05) is 19.9 Å². The minimum Gasteiger partial charge on any atom is -0.325 e. The number of carbonyl (C=O) groups is 1. The molecule has 0 aromatic carbocycles. The number of halogens is 1. The van der Waals surface area contributed by atoms with Crippen LogP contribution >= 0.6 is 11.6 Å². The summed E-state index contributed by atoms with van der Waals surface area (Å²) >= 11 is 5.94. The van der Waals surface area contributed by atoms with Crippen molar-refractivity contribution < 1.29 is 4.79 Å². The summed E-state index contributed by atoms with van der Waals surface area (Å²) in [6.07, 6.45) is 2.54. The van der Waals surface area contributed by atoms with E-state index in [2.05, 4.69) is 4.98 Å². The predicted octanol–water partition coefficient (Wildman–Crippen LogP) is 3.06. The first kappa shape index (κ1) is 15.5. The summed E-state index contributed by atoms with van der Waals surface area (Å²) in [6.45, 7) is 4.67. The average Bonchev–Trinajstić information content (AvgIpc) is 2.37. The molecule has 0 N–H and O–H groups in total. The Morgan fingerprint density at radius 2 is 2.16 bits per heavy atom. The van der Waals surface area contributed by atoms with E-state index in [1.54, 1.807) is 12.1 Å². The summed E-state index contributed by atoms with van der Waals surface area (Å²) in [7, 11) is 0. The second kappa shape index (κ2) is 7.75. The van der Waals surface area contributed by atoms with Crippen molar-refractivity contribution in [2.24, 2.45) is 0 Å².